The van der Waals surface area contributed by atoms with Gasteiger partial charge >= 0.3 is 0 Å². The average Bonchev–Trinajstić information content (AvgIpc) is 2.27. The summed E-state index contributed by atoms with van der Waals surface area (Å²) in [6.07, 6.45) is 0. The molecule has 0 N–H and O–H groups in total. The summed E-state index contributed by atoms with van der Waals surface area (Å²) < 4.78 is 0. The average molecular weight is 223 g/mol. The van der Waals surface area contributed by atoms with E-state index in [2.05, 4.69) is 12.1 Å². The number of hydrogen-bond acceptors (Lipinski definition) is 0. The van der Waals surface area contributed by atoms with Gasteiger partial charge in [-0.15, -0.1) is 0 Å². The summed E-state index contributed by atoms with van der Waals surface area (Å²) in [6, 6.07) is 14.2. The Morgan fingerprint density at radius 2 is 1.71 bits per heavy atom. The molecule has 0 radical (unpaired) electrons. The SMILES string of the molecule is Cl/C=C(\Cl)c1ccc2ccccc2c1. The highest BCUT2D eigenvalue weighted by atomic mass is 35.5. The molecule has 0 fully saturated rings. The van der Waals surface area contributed by atoms with Gasteiger partial charge in [0.15, 0.2) is 0 Å². The maximum atomic E-state index is 5.92. The van der Waals surface area contributed by atoms with Crippen molar-refractivity contribution in [2.24, 2.45) is 0 Å². The number of fused-ring (bicyclic) bond motifs is 1. The molecule has 0 saturated carbocycles. The highest BCUT2D eigenvalue weighted by Gasteiger charge is 1.98. The van der Waals surface area contributed by atoms with Crippen molar-refractivity contribution in [1.82, 2.24) is 0 Å². The fraction of sp³-hybridized carbons (Fsp3) is 0. The second-order valence-corrected chi connectivity index (χ2v) is 3.64. The Labute approximate surface area is 92.8 Å². The predicted octanol–water partition coefficient (Wildman–Crippen LogP) is 4.62. The Hall–Kier alpha value is -0.980. The van der Waals surface area contributed by atoms with Crippen molar-refractivity contribution in [1.29, 1.82) is 0 Å². The van der Waals surface area contributed by atoms with Gasteiger partial charge in [-0.2, -0.15) is 0 Å². The maximum absolute atomic E-state index is 5.92. The van der Waals surface area contributed by atoms with E-state index in [1.807, 2.05) is 30.3 Å². The molecule has 0 amide bonds. The van der Waals surface area contributed by atoms with Crippen molar-refractivity contribution >= 4 is 39.0 Å². The summed E-state index contributed by atoms with van der Waals surface area (Å²) in [6.45, 7) is 0. The fourth-order valence-electron chi connectivity index (χ4n) is 1.40. The van der Waals surface area contributed by atoms with Crippen LogP contribution in [0, 0.1) is 0 Å². The van der Waals surface area contributed by atoms with Crippen LogP contribution in [0.15, 0.2) is 48.0 Å². The van der Waals surface area contributed by atoms with Crippen molar-refractivity contribution in [2.45, 2.75) is 0 Å². The van der Waals surface area contributed by atoms with E-state index in [4.69, 9.17) is 23.2 Å². The topological polar surface area (TPSA) is 0 Å². The van der Waals surface area contributed by atoms with E-state index in [9.17, 15) is 0 Å². The molecule has 70 valence electrons. The van der Waals surface area contributed by atoms with Crippen LogP contribution >= 0.6 is 23.2 Å². The van der Waals surface area contributed by atoms with Crippen molar-refractivity contribution < 1.29 is 0 Å². The van der Waals surface area contributed by atoms with E-state index in [1.165, 1.54) is 16.3 Å². The highest BCUT2D eigenvalue weighted by Crippen LogP contribution is 2.24. The van der Waals surface area contributed by atoms with E-state index >= 15 is 0 Å². The largest absolute Gasteiger partial charge is 0.0913 e. The van der Waals surface area contributed by atoms with Gasteiger partial charge in [-0.3, -0.25) is 0 Å². The van der Waals surface area contributed by atoms with Gasteiger partial charge in [0.2, 0.25) is 0 Å². The summed E-state index contributed by atoms with van der Waals surface area (Å²) in [5, 5.41) is 2.94. The van der Waals surface area contributed by atoms with Gasteiger partial charge in [0.05, 0.1) is 5.03 Å². The van der Waals surface area contributed by atoms with Crippen LogP contribution in [0.1, 0.15) is 5.56 Å². The van der Waals surface area contributed by atoms with Gasteiger partial charge in [0.25, 0.3) is 0 Å². The highest BCUT2D eigenvalue weighted by molar-refractivity contribution is 6.53. The van der Waals surface area contributed by atoms with Crippen LogP contribution in [0.5, 0.6) is 0 Å². The van der Waals surface area contributed by atoms with Crippen LogP contribution in [0.25, 0.3) is 15.8 Å². The smallest absolute Gasteiger partial charge is 0.0591 e. The minimum absolute atomic E-state index is 0.567. The second-order valence-electron chi connectivity index (χ2n) is 3.02. The summed E-state index contributed by atoms with van der Waals surface area (Å²) in [5.74, 6) is 0. The molecule has 2 rings (SSSR count). The molecule has 0 aromatic heterocycles. The predicted molar refractivity (Wildman–Crippen MR) is 63.6 cm³/mol. The summed E-state index contributed by atoms with van der Waals surface area (Å²) in [7, 11) is 0. The normalized spacial score (nSPS) is 12.0. The van der Waals surface area contributed by atoms with Crippen molar-refractivity contribution in [3.8, 4) is 0 Å². The molecule has 2 aromatic rings. The van der Waals surface area contributed by atoms with E-state index in [1.54, 1.807) is 0 Å². The van der Waals surface area contributed by atoms with Gasteiger partial charge in [-0.1, -0.05) is 59.6 Å². The first kappa shape index (κ1) is 9.57. The molecule has 0 aliphatic heterocycles. The third kappa shape index (κ3) is 1.77. The Bertz CT molecular complexity index is 486. The lowest BCUT2D eigenvalue weighted by molar-refractivity contribution is 1.70. The zero-order chi connectivity index (χ0) is 9.97. The third-order valence-corrected chi connectivity index (χ3v) is 2.78. The summed E-state index contributed by atoms with van der Waals surface area (Å²) >= 11 is 11.5. The summed E-state index contributed by atoms with van der Waals surface area (Å²) in [5.41, 5.74) is 2.33. The lowest BCUT2D eigenvalue weighted by Crippen LogP contribution is -1.77. The molecule has 2 aromatic carbocycles. The van der Waals surface area contributed by atoms with Gasteiger partial charge in [0.1, 0.15) is 0 Å². The Morgan fingerprint density at radius 3 is 2.43 bits per heavy atom. The zero-order valence-electron chi connectivity index (χ0n) is 7.37. The monoisotopic (exact) mass is 222 g/mol. The van der Waals surface area contributed by atoms with E-state index < -0.39 is 0 Å². The first-order valence-corrected chi connectivity index (χ1v) is 5.08. The fourth-order valence-corrected chi connectivity index (χ4v) is 1.64. The molecule has 0 spiro atoms. The van der Waals surface area contributed by atoms with Gasteiger partial charge in [0, 0.05) is 5.54 Å². The molecule has 0 bridgehead atoms. The Morgan fingerprint density at radius 1 is 1.00 bits per heavy atom. The van der Waals surface area contributed by atoms with E-state index in [0.717, 1.165) is 5.56 Å². The molecule has 14 heavy (non-hydrogen) atoms. The van der Waals surface area contributed by atoms with Crippen LogP contribution in [0.2, 0.25) is 0 Å². The molecule has 0 aliphatic rings. The maximum Gasteiger partial charge on any atom is 0.0591 e. The lowest BCUT2D eigenvalue weighted by Gasteiger charge is -2.01. The number of rotatable bonds is 1. The molecule has 0 aliphatic carbocycles. The molecule has 0 atom stereocenters. The molecule has 0 unspecified atom stereocenters. The number of hydrogen-bond donors (Lipinski definition) is 0. The molecule has 0 heterocycles. The Balaban J connectivity index is 2.62. The molecule has 2 heteroatoms. The van der Waals surface area contributed by atoms with Crippen molar-refractivity contribution in [3.63, 3.8) is 0 Å². The van der Waals surface area contributed by atoms with Crippen molar-refractivity contribution in [2.75, 3.05) is 0 Å². The zero-order valence-corrected chi connectivity index (χ0v) is 8.89. The van der Waals surface area contributed by atoms with Gasteiger partial charge < -0.3 is 0 Å². The van der Waals surface area contributed by atoms with Crippen LogP contribution in [-0.4, -0.2) is 0 Å². The van der Waals surface area contributed by atoms with Crippen LogP contribution < -0.4 is 0 Å². The first-order chi connectivity index (χ1) is 6.81. The third-order valence-electron chi connectivity index (χ3n) is 2.12. The second kappa shape index (κ2) is 4.04. The van der Waals surface area contributed by atoms with Crippen LogP contribution in [0.3, 0.4) is 0 Å². The van der Waals surface area contributed by atoms with Gasteiger partial charge in [-0.05, 0) is 22.4 Å². The molecule has 0 nitrogen and oxygen atoms in total. The summed E-state index contributed by atoms with van der Waals surface area (Å²) in [4.78, 5) is 0. The Kier molecular flexibility index (Phi) is 2.76. The molecular formula is C12H8Cl2. The van der Waals surface area contributed by atoms with Crippen molar-refractivity contribution in [3.05, 3.63) is 53.6 Å². The number of halogens is 2. The lowest BCUT2D eigenvalue weighted by atomic mass is 10.1. The van der Waals surface area contributed by atoms with E-state index in [-0.39, 0.29) is 0 Å². The van der Waals surface area contributed by atoms with E-state index in [0.29, 0.717) is 5.03 Å². The number of benzene rings is 2. The van der Waals surface area contributed by atoms with Crippen LogP contribution in [-0.2, 0) is 0 Å². The quantitative estimate of drug-likeness (QED) is 0.661. The standard InChI is InChI=1S/C12H8Cl2/c13-8-12(14)11-6-5-9-3-1-2-4-10(9)7-11/h1-8H/b12-8-. The van der Waals surface area contributed by atoms with Crippen LogP contribution in [0.4, 0.5) is 0 Å². The minimum Gasteiger partial charge on any atom is -0.0913 e. The minimum atomic E-state index is 0.567. The molecule has 0 saturated heterocycles. The molecular weight excluding hydrogens is 215 g/mol. The first-order valence-electron chi connectivity index (χ1n) is 4.26. The van der Waals surface area contributed by atoms with Gasteiger partial charge in [-0.25, -0.2) is 0 Å².